The van der Waals surface area contributed by atoms with Crippen molar-refractivity contribution in [2.24, 2.45) is 0 Å². The van der Waals surface area contributed by atoms with Crippen LogP contribution < -0.4 is 10.1 Å². The monoisotopic (exact) mass is 381 g/mol. The van der Waals surface area contributed by atoms with Crippen LogP contribution in [0.15, 0.2) is 30.7 Å². The van der Waals surface area contributed by atoms with E-state index in [0.29, 0.717) is 23.5 Å². The molecule has 1 atom stereocenters. The maximum atomic E-state index is 12.1. The Kier molecular flexibility index (Phi) is 5.21. The molecule has 1 amide bonds. The molecule has 0 saturated carbocycles. The number of carbonyl (C=O) groups excluding carboxylic acids is 1. The van der Waals surface area contributed by atoms with Crippen LogP contribution in [0.25, 0.3) is 16.7 Å². The fourth-order valence-electron chi connectivity index (χ4n) is 3.42. The lowest BCUT2D eigenvalue weighted by Gasteiger charge is -2.11. The Morgan fingerprint density at radius 1 is 1.29 bits per heavy atom. The summed E-state index contributed by atoms with van der Waals surface area (Å²) in [4.78, 5) is 20.6. The van der Waals surface area contributed by atoms with E-state index in [1.54, 1.807) is 10.9 Å². The highest BCUT2D eigenvalue weighted by Crippen LogP contribution is 2.24. The molecule has 1 saturated heterocycles. The Balaban J connectivity index is 1.48. The van der Waals surface area contributed by atoms with Gasteiger partial charge < -0.3 is 14.8 Å². The molecule has 1 N–H and O–H groups in total. The number of fused-ring (bicyclic) bond motifs is 1. The Morgan fingerprint density at radius 2 is 2.11 bits per heavy atom. The first-order chi connectivity index (χ1) is 13.6. The van der Waals surface area contributed by atoms with Gasteiger partial charge in [0.1, 0.15) is 11.7 Å². The molecule has 2 aromatic heterocycles. The van der Waals surface area contributed by atoms with Crippen molar-refractivity contribution in [2.45, 2.75) is 32.8 Å². The van der Waals surface area contributed by atoms with Gasteiger partial charge >= 0.3 is 0 Å². The number of rotatable bonds is 6. The second-order valence-corrected chi connectivity index (χ2v) is 7.05. The first kappa shape index (κ1) is 18.4. The summed E-state index contributed by atoms with van der Waals surface area (Å²) >= 11 is 0. The molecule has 1 aliphatic rings. The summed E-state index contributed by atoms with van der Waals surface area (Å²) in [6, 6.07) is 6.19. The van der Waals surface area contributed by atoms with Crippen molar-refractivity contribution < 1.29 is 14.3 Å². The zero-order chi connectivity index (χ0) is 19.5. The number of carbonyl (C=O) groups is 1. The molecule has 8 heteroatoms. The van der Waals surface area contributed by atoms with Crippen LogP contribution in [-0.2, 0) is 9.53 Å². The minimum absolute atomic E-state index is 0.103. The highest BCUT2D eigenvalue weighted by molar-refractivity contribution is 5.82. The zero-order valence-electron chi connectivity index (χ0n) is 16.0. The van der Waals surface area contributed by atoms with Crippen LogP contribution in [-0.4, -0.2) is 51.5 Å². The predicted octanol–water partition coefficient (Wildman–Crippen LogP) is 2.11. The average Bonchev–Trinajstić information content (AvgIpc) is 3.33. The topological polar surface area (TPSA) is 91.2 Å². The third-order valence-electron chi connectivity index (χ3n) is 4.67. The number of hydrogen-bond donors (Lipinski definition) is 1. The van der Waals surface area contributed by atoms with Gasteiger partial charge in [-0.15, -0.1) is 0 Å². The lowest BCUT2D eigenvalue weighted by Crippen LogP contribution is -2.35. The molecule has 1 aliphatic heterocycles. The largest absolute Gasteiger partial charge is 0.467 e. The highest BCUT2D eigenvalue weighted by Gasteiger charge is 2.17. The fourth-order valence-corrected chi connectivity index (χ4v) is 3.42. The highest BCUT2D eigenvalue weighted by atomic mass is 16.5. The molecule has 146 valence electrons. The van der Waals surface area contributed by atoms with E-state index in [4.69, 9.17) is 9.47 Å². The van der Waals surface area contributed by atoms with Gasteiger partial charge in [0.15, 0.2) is 12.3 Å². The second-order valence-electron chi connectivity index (χ2n) is 7.05. The lowest BCUT2D eigenvalue weighted by molar-refractivity contribution is -0.123. The minimum atomic E-state index is -0.205. The summed E-state index contributed by atoms with van der Waals surface area (Å²) in [7, 11) is 0. The zero-order valence-corrected chi connectivity index (χ0v) is 16.0. The van der Waals surface area contributed by atoms with Crippen LogP contribution in [0.1, 0.15) is 24.0 Å². The van der Waals surface area contributed by atoms with E-state index in [1.165, 1.54) is 6.33 Å². The number of benzene rings is 1. The fraction of sp³-hybridized carbons (Fsp3) is 0.400. The van der Waals surface area contributed by atoms with Gasteiger partial charge in [-0.1, -0.05) is 6.07 Å². The molecule has 28 heavy (non-hydrogen) atoms. The van der Waals surface area contributed by atoms with E-state index in [-0.39, 0.29) is 18.6 Å². The summed E-state index contributed by atoms with van der Waals surface area (Å²) in [5, 5.41) is 7.94. The van der Waals surface area contributed by atoms with Gasteiger partial charge in [0, 0.05) is 13.2 Å². The Hall–Kier alpha value is -3.00. The molecular weight excluding hydrogens is 358 g/mol. The van der Waals surface area contributed by atoms with Gasteiger partial charge in [0.05, 0.1) is 18.0 Å². The van der Waals surface area contributed by atoms with Crippen molar-refractivity contribution in [1.82, 2.24) is 25.1 Å². The first-order valence-electron chi connectivity index (χ1n) is 9.38. The molecule has 8 nitrogen and oxygen atoms in total. The summed E-state index contributed by atoms with van der Waals surface area (Å²) < 4.78 is 12.9. The van der Waals surface area contributed by atoms with Crippen molar-refractivity contribution in [3.05, 3.63) is 41.9 Å². The standard InChI is InChI=1S/C20H23N5O3/c1-13-6-14(2)8-15(7-13)25-19-17(10-24-25)20(23-12-22-19)28-11-18(26)21-9-16-4-3-5-27-16/h6-8,10,12,16H,3-5,9,11H2,1-2H3,(H,21,26). The smallest absolute Gasteiger partial charge is 0.258 e. The molecule has 1 aromatic carbocycles. The maximum absolute atomic E-state index is 12.1. The minimum Gasteiger partial charge on any atom is -0.467 e. The number of ether oxygens (including phenoxy) is 2. The van der Waals surface area contributed by atoms with Gasteiger partial charge in [-0.05, 0) is 49.9 Å². The molecule has 0 spiro atoms. The van der Waals surface area contributed by atoms with Gasteiger partial charge in [0.2, 0.25) is 5.88 Å². The number of nitrogens with zero attached hydrogens (tertiary/aromatic N) is 4. The normalized spacial score (nSPS) is 16.4. The molecule has 3 aromatic rings. The van der Waals surface area contributed by atoms with Gasteiger partial charge in [-0.3, -0.25) is 4.79 Å². The maximum Gasteiger partial charge on any atom is 0.258 e. The van der Waals surface area contributed by atoms with Crippen LogP contribution in [0, 0.1) is 13.8 Å². The molecular formula is C20H23N5O3. The van der Waals surface area contributed by atoms with E-state index in [9.17, 15) is 4.79 Å². The second kappa shape index (κ2) is 7.93. The van der Waals surface area contributed by atoms with Crippen LogP contribution >= 0.6 is 0 Å². The summed E-state index contributed by atoms with van der Waals surface area (Å²) in [6.45, 7) is 5.24. The summed E-state index contributed by atoms with van der Waals surface area (Å²) in [5.41, 5.74) is 3.85. The number of aromatic nitrogens is 4. The van der Waals surface area contributed by atoms with Crippen LogP contribution in [0.5, 0.6) is 5.88 Å². The van der Waals surface area contributed by atoms with E-state index in [1.807, 2.05) is 26.0 Å². The van der Waals surface area contributed by atoms with Crippen LogP contribution in [0.3, 0.4) is 0 Å². The number of nitrogens with one attached hydrogen (secondary N) is 1. The van der Waals surface area contributed by atoms with Crippen molar-refractivity contribution >= 4 is 16.9 Å². The Bertz CT molecular complexity index is 974. The molecule has 0 bridgehead atoms. The van der Waals surface area contributed by atoms with Crippen molar-refractivity contribution in [1.29, 1.82) is 0 Å². The van der Waals surface area contributed by atoms with E-state index < -0.39 is 0 Å². The Labute approximate surface area is 162 Å². The number of aryl methyl sites for hydroxylation is 2. The first-order valence-corrected chi connectivity index (χ1v) is 9.38. The quantitative estimate of drug-likeness (QED) is 0.703. The van der Waals surface area contributed by atoms with E-state index in [2.05, 4.69) is 26.4 Å². The van der Waals surface area contributed by atoms with Gasteiger partial charge in [0.25, 0.3) is 5.91 Å². The number of hydrogen-bond acceptors (Lipinski definition) is 6. The number of amides is 1. The van der Waals surface area contributed by atoms with E-state index in [0.717, 1.165) is 36.3 Å². The molecule has 0 radical (unpaired) electrons. The van der Waals surface area contributed by atoms with E-state index >= 15 is 0 Å². The van der Waals surface area contributed by atoms with Crippen molar-refractivity contribution in [3.8, 4) is 11.6 Å². The predicted molar refractivity (Wildman–Crippen MR) is 104 cm³/mol. The average molecular weight is 381 g/mol. The third kappa shape index (κ3) is 3.96. The molecule has 1 unspecified atom stereocenters. The van der Waals surface area contributed by atoms with Crippen molar-refractivity contribution in [3.63, 3.8) is 0 Å². The lowest BCUT2D eigenvalue weighted by atomic mass is 10.1. The summed E-state index contributed by atoms with van der Waals surface area (Å²) in [5.74, 6) is 0.136. The third-order valence-corrected chi connectivity index (χ3v) is 4.67. The van der Waals surface area contributed by atoms with Gasteiger partial charge in [-0.25, -0.2) is 14.6 Å². The molecule has 4 rings (SSSR count). The summed E-state index contributed by atoms with van der Waals surface area (Å²) in [6.07, 6.45) is 5.20. The van der Waals surface area contributed by atoms with Crippen LogP contribution in [0.2, 0.25) is 0 Å². The Morgan fingerprint density at radius 3 is 2.86 bits per heavy atom. The molecule has 1 fully saturated rings. The molecule has 0 aliphatic carbocycles. The van der Waals surface area contributed by atoms with Gasteiger partial charge in [-0.2, -0.15) is 5.10 Å². The molecule has 3 heterocycles. The SMILES string of the molecule is Cc1cc(C)cc(-n2ncc3c(OCC(=O)NCC4CCCO4)ncnc32)c1. The van der Waals surface area contributed by atoms with Crippen molar-refractivity contribution in [2.75, 3.05) is 19.8 Å². The van der Waals surface area contributed by atoms with Crippen LogP contribution in [0.4, 0.5) is 0 Å².